The van der Waals surface area contributed by atoms with E-state index in [1.165, 1.54) is 11.1 Å². The van der Waals surface area contributed by atoms with Crippen LogP contribution < -0.4 is 20.9 Å². The Morgan fingerprint density at radius 2 is 2.09 bits per heavy atom. The zero-order chi connectivity index (χ0) is 22.6. The van der Waals surface area contributed by atoms with Crippen molar-refractivity contribution < 1.29 is 4.74 Å². The van der Waals surface area contributed by atoms with Gasteiger partial charge in [-0.3, -0.25) is 4.79 Å². The second kappa shape index (κ2) is 10.1. The highest BCUT2D eigenvalue weighted by molar-refractivity contribution is 7.99. The summed E-state index contributed by atoms with van der Waals surface area (Å²) in [6.45, 7) is 5.31. The minimum atomic E-state index is -0.0715. The molecule has 2 aliphatic heterocycles. The first-order valence-electron chi connectivity index (χ1n) is 11.6. The molecule has 2 aliphatic rings. The molecule has 1 saturated heterocycles. The molecule has 0 amide bonds. The van der Waals surface area contributed by atoms with E-state index < -0.39 is 0 Å². The van der Waals surface area contributed by atoms with Crippen molar-refractivity contribution in [2.45, 2.75) is 36.9 Å². The number of fused-ring (bicyclic) bond motifs is 2. The summed E-state index contributed by atoms with van der Waals surface area (Å²) in [6.07, 6.45) is 3.60. The number of benzene rings is 1. The maximum absolute atomic E-state index is 12.5. The lowest BCUT2D eigenvalue weighted by Crippen LogP contribution is -2.43. The van der Waals surface area contributed by atoms with Gasteiger partial charge in [-0.1, -0.05) is 0 Å². The lowest BCUT2D eigenvalue weighted by molar-refractivity contribution is 0.191. The summed E-state index contributed by atoms with van der Waals surface area (Å²) in [5, 5.41) is 7.08. The molecule has 0 unspecified atom stereocenters. The number of nitrogens with zero attached hydrogens (tertiary/aromatic N) is 4. The summed E-state index contributed by atoms with van der Waals surface area (Å²) in [6, 6.07) is 10.5. The Kier molecular flexibility index (Phi) is 6.80. The molecule has 0 saturated carbocycles. The maximum atomic E-state index is 12.5. The number of pyridine rings is 1. The Labute approximate surface area is 197 Å². The Hall–Kier alpha value is -2.62. The number of thioether (sulfide) groups is 1. The summed E-state index contributed by atoms with van der Waals surface area (Å²) < 4.78 is 7.14. The fourth-order valence-corrected chi connectivity index (χ4v) is 5.35. The first-order chi connectivity index (χ1) is 16.2. The van der Waals surface area contributed by atoms with Gasteiger partial charge in [0.1, 0.15) is 11.6 Å². The van der Waals surface area contributed by atoms with E-state index in [2.05, 4.69) is 32.7 Å². The van der Waals surface area contributed by atoms with E-state index >= 15 is 0 Å². The maximum Gasteiger partial charge on any atom is 0.269 e. The molecule has 33 heavy (non-hydrogen) atoms. The van der Waals surface area contributed by atoms with E-state index in [0.717, 1.165) is 79.6 Å². The van der Waals surface area contributed by atoms with Crippen LogP contribution in [0.4, 0.5) is 5.82 Å². The molecular formula is C24H30N6O2S. The molecule has 4 heterocycles. The van der Waals surface area contributed by atoms with Gasteiger partial charge >= 0.3 is 0 Å². The predicted molar refractivity (Wildman–Crippen MR) is 132 cm³/mol. The topological polar surface area (TPSA) is 84.3 Å². The van der Waals surface area contributed by atoms with Gasteiger partial charge in [-0.2, -0.15) is 0 Å². The number of ether oxygens (including phenoxy) is 1. The fourth-order valence-electron chi connectivity index (χ4n) is 4.51. The van der Waals surface area contributed by atoms with Crippen molar-refractivity contribution in [3.63, 3.8) is 0 Å². The van der Waals surface area contributed by atoms with E-state index in [1.807, 2.05) is 34.5 Å². The number of piperidine rings is 1. The number of hydrogen-bond acceptors (Lipinski definition) is 8. The van der Waals surface area contributed by atoms with Gasteiger partial charge < -0.3 is 24.8 Å². The molecule has 2 N–H and O–H groups in total. The van der Waals surface area contributed by atoms with Crippen molar-refractivity contribution in [1.82, 2.24) is 24.8 Å². The Morgan fingerprint density at radius 1 is 1.21 bits per heavy atom. The van der Waals surface area contributed by atoms with Crippen molar-refractivity contribution >= 4 is 28.6 Å². The molecule has 1 fully saturated rings. The molecule has 0 bridgehead atoms. The average Bonchev–Trinajstić information content (AvgIpc) is 2.87. The minimum absolute atomic E-state index is 0.0715. The van der Waals surface area contributed by atoms with Crippen LogP contribution in [-0.4, -0.2) is 64.5 Å². The summed E-state index contributed by atoms with van der Waals surface area (Å²) in [5.74, 6) is 2.86. The lowest BCUT2D eigenvalue weighted by Gasteiger charge is -2.32. The number of likely N-dealkylation sites (tertiary alicyclic amines) is 1. The Morgan fingerprint density at radius 3 is 2.94 bits per heavy atom. The summed E-state index contributed by atoms with van der Waals surface area (Å²) in [4.78, 5) is 25.2. The van der Waals surface area contributed by atoms with E-state index in [4.69, 9.17) is 9.72 Å². The van der Waals surface area contributed by atoms with Gasteiger partial charge in [0, 0.05) is 48.9 Å². The molecular weight excluding hydrogens is 436 g/mol. The monoisotopic (exact) mass is 466 g/mol. The molecule has 0 radical (unpaired) electrons. The first kappa shape index (κ1) is 22.2. The molecule has 0 atom stereocenters. The van der Waals surface area contributed by atoms with E-state index in [1.54, 1.807) is 7.11 Å². The largest absolute Gasteiger partial charge is 0.497 e. The zero-order valence-corrected chi connectivity index (χ0v) is 19.7. The van der Waals surface area contributed by atoms with Gasteiger partial charge in [0.25, 0.3) is 5.56 Å². The van der Waals surface area contributed by atoms with Gasteiger partial charge in [0.15, 0.2) is 0 Å². The second-order valence-corrected chi connectivity index (χ2v) is 9.66. The molecule has 2 aromatic heterocycles. The molecule has 0 spiro atoms. The van der Waals surface area contributed by atoms with Crippen molar-refractivity contribution in [2.75, 3.05) is 44.4 Å². The quantitative estimate of drug-likeness (QED) is 0.550. The molecule has 5 rings (SSSR count). The summed E-state index contributed by atoms with van der Waals surface area (Å²) in [5.41, 5.74) is 2.65. The molecule has 9 heteroatoms. The SMILES string of the molecule is COc1ccc2ncc(=O)n(CCN3CCC(NCc4ccc5c(n4)NCCS5)CC3)c2c1. The standard InChI is InChI=1S/C24H30N6O2S/c1-32-19-3-4-20-21(14-19)30(23(31)16-27-20)12-11-29-9-6-17(7-10-29)26-15-18-2-5-22-24(28-18)25-8-13-33-22/h2-5,14,16-17,26H,6-13,15H2,1H3,(H,25,28). The highest BCUT2D eigenvalue weighted by Crippen LogP contribution is 2.29. The van der Waals surface area contributed by atoms with Crippen molar-refractivity contribution in [3.05, 3.63) is 52.6 Å². The van der Waals surface area contributed by atoms with Gasteiger partial charge in [-0.25, -0.2) is 9.97 Å². The van der Waals surface area contributed by atoms with Gasteiger partial charge in [-0.15, -0.1) is 11.8 Å². The fraction of sp³-hybridized carbons (Fsp3) is 0.458. The van der Waals surface area contributed by atoms with Crippen LogP contribution in [0.1, 0.15) is 18.5 Å². The van der Waals surface area contributed by atoms with Crippen LogP contribution in [0, 0.1) is 0 Å². The predicted octanol–water partition coefficient (Wildman–Crippen LogP) is 2.57. The second-order valence-electron chi connectivity index (χ2n) is 8.52. The third-order valence-corrected chi connectivity index (χ3v) is 7.47. The highest BCUT2D eigenvalue weighted by atomic mass is 32.2. The van der Waals surface area contributed by atoms with Crippen LogP contribution in [0.5, 0.6) is 5.75 Å². The zero-order valence-electron chi connectivity index (χ0n) is 18.9. The smallest absolute Gasteiger partial charge is 0.269 e. The Bertz CT molecular complexity index is 1180. The number of hydrogen-bond donors (Lipinski definition) is 2. The van der Waals surface area contributed by atoms with Crippen LogP contribution in [0.25, 0.3) is 11.0 Å². The number of rotatable bonds is 7. The van der Waals surface area contributed by atoms with Crippen LogP contribution in [0.15, 0.2) is 46.2 Å². The van der Waals surface area contributed by atoms with Crippen LogP contribution in [0.3, 0.4) is 0 Å². The van der Waals surface area contributed by atoms with Gasteiger partial charge in [0.2, 0.25) is 0 Å². The summed E-state index contributed by atoms with van der Waals surface area (Å²) >= 11 is 1.87. The van der Waals surface area contributed by atoms with Crippen molar-refractivity contribution in [2.24, 2.45) is 0 Å². The normalized spacial score (nSPS) is 17.0. The number of nitrogens with one attached hydrogen (secondary N) is 2. The lowest BCUT2D eigenvalue weighted by atomic mass is 10.0. The summed E-state index contributed by atoms with van der Waals surface area (Å²) in [7, 11) is 1.63. The third-order valence-electron chi connectivity index (χ3n) is 6.42. The minimum Gasteiger partial charge on any atom is -0.497 e. The molecule has 0 aliphatic carbocycles. The van der Waals surface area contributed by atoms with Gasteiger partial charge in [0.05, 0.1) is 30.0 Å². The third kappa shape index (κ3) is 5.15. The average molecular weight is 467 g/mol. The van der Waals surface area contributed by atoms with Crippen molar-refractivity contribution in [3.8, 4) is 5.75 Å². The molecule has 174 valence electrons. The highest BCUT2D eigenvalue weighted by Gasteiger charge is 2.19. The van der Waals surface area contributed by atoms with Crippen LogP contribution in [-0.2, 0) is 13.1 Å². The van der Waals surface area contributed by atoms with Crippen LogP contribution in [0.2, 0.25) is 0 Å². The van der Waals surface area contributed by atoms with Crippen LogP contribution >= 0.6 is 11.8 Å². The number of anilines is 1. The first-order valence-corrected chi connectivity index (χ1v) is 12.5. The van der Waals surface area contributed by atoms with E-state index in [9.17, 15) is 4.79 Å². The number of aromatic nitrogens is 3. The molecule has 8 nitrogen and oxygen atoms in total. The van der Waals surface area contributed by atoms with E-state index in [-0.39, 0.29) is 5.56 Å². The van der Waals surface area contributed by atoms with E-state index in [0.29, 0.717) is 12.6 Å². The number of methoxy groups -OCH3 is 1. The molecule has 3 aromatic rings. The van der Waals surface area contributed by atoms with Gasteiger partial charge in [-0.05, 0) is 50.2 Å². The van der Waals surface area contributed by atoms with Crippen molar-refractivity contribution in [1.29, 1.82) is 0 Å². The Balaban J connectivity index is 1.13. The molecule has 1 aromatic carbocycles.